The van der Waals surface area contributed by atoms with Crippen LogP contribution in [0.3, 0.4) is 0 Å². The monoisotopic (exact) mass is 696 g/mol. The Hall–Kier alpha value is -5.32. The molecule has 1 aromatic heterocycles. The van der Waals surface area contributed by atoms with Gasteiger partial charge < -0.3 is 31.3 Å². The van der Waals surface area contributed by atoms with E-state index in [-0.39, 0.29) is 45.0 Å². The number of carboxylic acid groups (broad SMARTS) is 1. The third-order valence-electron chi connectivity index (χ3n) is 6.11. The van der Waals surface area contributed by atoms with E-state index in [9.17, 15) is 15.0 Å². The molecule has 0 aliphatic heterocycles. The van der Waals surface area contributed by atoms with E-state index in [1.165, 1.54) is 18.2 Å². The minimum Gasteiger partial charge on any atom is -0.507 e. The van der Waals surface area contributed by atoms with Gasteiger partial charge in [0.25, 0.3) is 0 Å². The van der Waals surface area contributed by atoms with Crippen LogP contribution in [0.5, 0.6) is 11.5 Å². The predicted molar refractivity (Wildman–Crippen MR) is 173 cm³/mol. The Morgan fingerprint density at radius 2 is 1.56 bits per heavy atom. The second-order valence-electron chi connectivity index (χ2n) is 9.20. The molecule has 0 unspecified atom stereocenters. The summed E-state index contributed by atoms with van der Waals surface area (Å²) in [6.45, 7) is 2.37. The second-order valence-corrected chi connectivity index (χ2v) is 10.7. The van der Waals surface area contributed by atoms with Crippen LogP contribution in [0.25, 0.3) is 10.8 Å². The van der Waals surface area contributed by atoms with Crippen molar-refractivity contribution in [2.24, 2.45) is 10.2 Å². The molecule has 5 aromatic rings. The Morgan fingerprint density at radius 3 is 2.25 bits per heavy atom. The molecule has 0 saturated carbocycles. The average molecular weight is 697 g/mol. The Kier molecular flexibility index (Phi) is 11.3. The van der Waals surface area contributed by atoms with Crippen LogP contribution in [0, 0.1) is 0 Å². The number of phenols is 1. The number of nitrogen functional groups attached to an aromatic ring is 1. The lowest BCUT2D eigenvalue weighted by Gasteiger charge is -2.11. The quantitative estimate of drug-likeness (QED) is 0.0188. The minimum absolute atomic E-state index is 0.0398. The number of aromatic hydroxyl groups is 1. The number of hydrogen-bond acceptors (Lipinski definition) is 19. The largest absolute Gasteiger partial charge is 0.507 e. The number of aromatic carboxylic acids is 1. The number of rotatable bonds is 15. The van der Waals surface area contributed by atoms with E-state index in [0.717, 1.165) is 0 Å². The highest BCUT2D eigenvalue weighted by atomic mass is 32.2. The fraction of sp³-hybridized carbons (Fsp3) is 0.0714. The summed E-state index contributed by atoms with van der Waals surface area (Å²) in [5, 5.41) is 60.1. The van der Waals surface area contributed by atoms with Crippen molar-refractivity contribution >= 4 is 81.2 Å². The van der Waals surface area contributed by atoms with Crippen molar-refractivity contribution in [3.63, 3.8) is 0 Å². The zero-order valence-electron chi connectivity index (χ0n) is 24.4. The standard InChI is InChI=1S/C28H24N8O10S2/c1-2-42-17-7-4-15(5-8-17)30-27-32-25(26(38)39)33-28(34-27)31-16-6-10-20(22(12-16)48-46-44-41)35-36-24-19(29)9-3-14-11-18(47-45-43-40)13-21(37)23(14)24/h3-13,37,40-41H,2,29H2,1H3,(H,38,39)(H2,30,31,32,33,34). The van der Waals surface area contributed by atoms with Gasteiger partial charge in [0.15, 0.2) is 0 Å². The first kappa shape index (κ1) is 34.0. The molecular weight excluding hydrogens is 672 g/mol. The van der Waals surface area contributed by atoms with Gasteiger partial charge in [0, 0.05) is 16.3 Å². The lowest BCUT2D eigenvalue weighted by Crippen LogP contribution is -2.11. The van der Waals surface area contributed by atoms with Gasteiger partial charge in [-0.15, -0.1) is 18.9 Å². The fourth-order valence-electron chi connectivity index (χ4n) is 4.16. The maximum Gasteiger partial charge on any atom is 0.374 e. The maximum absolute atomic E-state index is 11.8. The van der Waals surface area contributed by atoms with Crippen molar-refractivity contribution in [2.75, 3.05) is 23.0 Å². The number of aromatic nitrogens is 3. The van der Waals surface area contributed by atoms with E-state index < -0.39 is 11.8 Å². The van der Waals surface area contributed by atoms with Crippen molar-refractivity contribution in [3.8, 4) is 11.5 Å². The number of phenolic OH excluding ortho intramolecular Hbond substituents is 1. The van der Waals surface area contributed by atoms with Crippen molar-refractivity contribution in [1.29, 1.82) is 0 Å². The van der Waals surface area contributed by atoms with E-state index in [4.69, 9.17) is 21.0 Å². The van der Waals surface area contributed by atoms with Crippen LogP contribution in [0.2, 0.25) is 0 Å². The first-order valence-corrected chi connectivity index (χ1v) is 14.9. The van der Waals surface area contributed by atoms with Gasteiger partial charge in [-0.25, -0.2) is 15.3 Å². The summed E-state index contributed by atoms with van der Waals surface area (Å²) >= 11 is 1.24. The van der Waals surface area contributed by atoms with E-state index in [1.54, 1.807) is 48.5 Å². The van der Waals surface area contributed by atoms with Crippen LogP contribution in [0.4, 0.5) is 40.3 Å². The van der Waals surface area contributed by atoms with Crippen molar-refractivity contribution in [2.45, 2.75) is 16.7 Å². The number of benzene rings is 4. The molecule has 4 aromatic carbocycles. The van der Waals surface area contributed by atoms with Gasteiger partial charge in [-0.3, -0.25) is 0 Å². The van der Waals surface area contributed by atoms with Crippen LogP contribution in [0.1, 0.15) is 17.5 Å². The number of anilines is 5. The molecule has 0 fully saturated rings. The minimum atomic E-state index is -1.38. The Bertz CT molecular complexity index is 1950. The highest BCUT2D eigenvalue weighted by Crippen LogP contribution is 2.42. The molecule has 0 aliphatic rings. The summed E-state index contributed by atoms with van der Waals surface area (Å²) in [6.07, 6.45) is 0. The molecule has 0 spiro atoms. The molecule has 1 heterocycles. The number of fused-ring (bicyclic) bond motifs is 1. The van der Waals surface area contributed by atoms with Gasteiger partial charge in [0.2, 0.25) is 17.7 Å². The lowest BCUT2D eigenvalue weighted by molar-refractivity contribution is -0.432. The molecule has 0 bridgehead atoms. The highest BCUT2D eigenvalue weighted by molar-refractivity contribution is 7.94. The Balaban J connectivity index is 1.43. The lowest BCUT2D eigenvalue weighted by atomic mass is 10.1. The second kappa shape index (κ2) is 16.0. The number of carboxylic acids is 1. The van der Waals surface area contributed by atoms with Crippen LogP contribution in [0.15, 0.2) is 86.7 Å². The van der Waals surface area contributed by atoms with Crippen molar-refractivity contribution in [1.82, 2.24) is 15.0 Å². The third kappa shape index (κ3) is 8.52. The number of nitrogens with zero attached hydrogens (tertiary/aromatic N) is 5. The molecule has 0 amide bonds. The molecule has 248 valence electrons. The highest BCUT2D eigenvalue weighted by Gasteiger charge is 2.16. The molecule has 0 radical (unpaired) electrons. The average Bonchev–Trinajstić information content (AvgIpc) is 3.07. The molecule has 18 nitrogen and oxygen atoms in total. The summed E-state index contributed by atoms with van der Waals surface area (Å²) in [7, 11) is 0. The molecule has 0 atom stereocenters. The van der Waals surface area contributed by atoms with E-state index >= 15 is 0 Å². The first-order valence-electron chi connectivity index (χ1n) is 13.4. The van der Waals surface area contributed by atoms with Crippen molar-refractivity contribution in [3.05, 3.63) is 72.6 Å². The van der Waals surface area contributed by atoms with Gasteiger partial charge in [-0.05, 0) is 73.0 Å². The van der Waals surface area contributed by atoms with Crippen LogP contribution >= 0.6 is 24.1 Å². The van der Waals surface area contributed by atoms with Crippen LogP contribution < -0.4 is 21.1 Å². The summed E-state index contributed by atoms with van der Waals surface area (Å²) in [5.41, 5.74) is 7.68. The molecule has 48 heavy (non-hydrogen) atoms. The maximum atomic E-state index is 11.8. The molecule has 0 aliphatic carbocycles. The zero-order valence-corrected chi connectivity index (χ0v) is 26.1. The van der Waals surface area contributed by atoms with Crippen LogP contribution in [-0.2, 0) is 18.7 Å². The normalized spacial score (nSPS) is 11.2. The van der Waals surface area contributed by atoms with Crippen LogP contribution in [-0.4, -0.2) is 48.3 Å². The van der Waals surface area contributed by atoms with Gasteiger partial charge in [0.1, 0.15) is 22.9 Å². The number of carbonyl (C=O) groups is 1. The topological polar surface area (TPSA) is 258 Å². The molecule has 0 saturated heterocycles. The third-order valence-corrected chi connectivity index (χ3v) is 7.30. The number of hydrogen-bond donors (Lipinski definition) is 7. The predicted octanol–water partition coefficient (Wildman–Crippen LogP) is 7.17. The SMILES string of the molecule is CCOc1ccc(Nc2nc(Nc3ccc(N=Nc4c(N)ccc5cc(SOOO)cc(O)c45)c(SOOO)c3)nc(C(=O)O)n2)cc1. The molecule has 20 heteroatoms. The fourth-order valence-corrected chi connectivity index (χ4v) is 5.08. The molecule has 5 rings (SSSR count). The molecular formula is C28H24N8O10S2. The van der Waals surface area contributed by atoms with Gasteiger partial charge >= 0.3 is 5.97 Å². The summed E-state index contributed by atoms with van der Waals surface area (Å²) in [5.74, 6) is -1.58. The van der Waals surface area contributed by atoms with Gasteiger partial charge in [-0.1, -0.05) is 16.1 Å². The van der Waals surface area contributed by atoms with Crippen molar-refractivity contribution < 1.29 is 49.0 Å². The molecule has 8 N–H and O–H groups in total. The number of nitrogens with two attached hydrogens (primary N) is 1. The van der Waals surface area contributed by atoms with E-state index in [1.807, 2.05) is 6.92 Å². The zero-order chi connectivity index (χ0) is 34.0. The van der Waals surface area contributed by atoms with Gasteiger partial charge in [0.05, 0.1) is 46.7 Å². The number of nitrogens with one attached hydrogen (secondary N) is 2. The Morgan fingerprint density at radius 1 is 0.875 bits per heavy atom. The Labute approximate surface area is 278 Å². The van der Waals surface area contributed by atoms with E-state index in [0.29, 0.717) is 58.1 Å². The van der Waals surface area contributed by atoms with Gasteiger partial charge in [-0.2, -0.15) is 15.0 Å². The first-order chi connectivity index (χ1) is 23.3. The summed E-state index contributed by atoms with van der Waals surface area (Å²) < 4.78 is 14.5. The smallest absolute Gasteiger partial charge is 0.374 e. The van der Waals surface area contributed by atoms with E-state index in [2.05, 4.69) is 54.6 Å². The summed E-state index contributed by atoms with van der Waals surface area (Å²) in [6, 6.07) is 17.7. The number of ether oxygens (including phenoxy) is 1. The summed E-state index contributed by atoms with van der Waals surface area (Å²) in [4.78, 5) is 24.6. The number of azo groups is 1.